The van der Waals surface area contributed by atoms with Crippen molar-refractivity contribution in [2.24, 2.45) is 10.4 Å². The number of nitrogens with zero attached hydrogens (tertiary/aromatic N) is 2. The molecule has 5 heteroatoms. The summed E-state index contributed by atoms with van der Waals surface area (Å²) in [5, 5.41) is 5.48. The van der Waals surface area contributed by atoms with E-state index in [-0.39, 0.29) is 0 Å². The first-order valence-corrected chi connectivity index (χ1v) is 8.57. The Hall–Kier alpha value is -1.68. The second-order valence-electron chi connectivity index (χ2n) is 7.06. The summed E-state index contributed by atoms with van der Waals surface area (Å²) >= 11 is 6.11. The number of fused-ring (bicyclic) bond motifs is 1. The summed E-state index contributed by atoms with van der Waals surface area (Å²) < 4.78 is 0. The van der Waals surface area contributed by atoms with Crippen molar-refractivity contribution < 1.29 is 0 Å². The van der Waals surface area contributed by atoms with Gasteiger partial charge in [-0.15, -0.1) is 0 Å². The molecule has 0 saturated carbocycles. The number of likely N-dealkylation sites (tertiary alicyclic amines) is 1. The zero-order valence-electron chi connectivity index (χ0n) is 14.1. The number of rotatable bonds is 3. The molecule has 0 atom stereocenters. The maximum absolute atomic E-state index is 6.11. The van der Waals surface area contributed by atoms with Crippen LogP contribution in [0.5, 0.6) is 0 Å². The van der Waals surface area contributed by atoms with Crippen LogP contribution in [0, 0.1) is 5.41 Å². The van der Waals surface area contributed by atoms with E-state index in [2.05, 4.69) is 40.2 Å². The van der Waals surface area contributed by atoms with Crippen LogP contribution in [-0.2, 0) is 6.42 Å². The lowest BCUT2D eigenvalue weighted by Gasteiger charge is -2.23. The number of aliphatic imine (C=N–C) groups is 1. The summed E-state index contributed by atoms with van der Waals surface area (Å²) in [5.74, 6) is 1.01. The van der Waals surface area contributed by atoms with Gasteiger partial charge in [0.05, 0.1) is 0 Å². The van der Waals surface area contributed by atoms with Crippen LogP contribution in [0.1, 0.15) is 25.8 Å². The number of halogens is 1. The minimum absolute atomic E-state index is 0.380. The Kier molecular flexibility index (Phi) is 4.53. The molecule has 1 aromatic heterocycles. The van der Waals surface area contributed by atoms with Gasteiger partial charge in [0.2, 0.25) is 0 Å². The second kappa shape index (κ2) is 6.44. The van der Waals surface area contributed by atoms with Crippen molar-refractivity contribution in [3.8, 4) is 0 Å². The number of hydrogen-bond acceptors (Lipinski definition) is 1. The van der Waals surface area contributed by atoms with Crippen molar-refractivity contribution in [2.75, 3.05) is 26.7 Å². The smallest absolute Gasteiger partial charge is 0.193 e. The molecule has 0 aliphatic carbocycles. The Morgan fingerprint density at radius 3 is 2.96 bits per heavy atom. The molecule has 23 heavy (non-hydrogen) atoms. The lowest BCUT2D eigenvalue weighted by molar-refractivity contribution is 0.370. The summed E-state index contributed by atoms with van der Waals surface area (Å²) in [5.41, 5.74) is 2.80. The highest BCUT2D eigenvalue weighted by Crippen LogP contribution is 2.28. The average Bonchev–Trinajstić information content (AvgIpc) is 3.07. The maximum atomic E-state index is 6.11. The van der Waals surface area contributed by atoms with Crippen molar-refractivity contribution in [1.29, 1.82) is 0 Å². The molecule has 1 aliphatic heterocycles. The summed E-state index contributed by atoms with van der Waals surface area (Å²) in [6.07, 6.45) is 4.23. The third-order valence-electron chi connectivity index (χ3n) is 4.60. The third-order valence-corrected chi connectivity index (χ3v) is 4.83. The van der Waals surface area contributed by atoms with E-state index in [1.807, 2.05) is 25.2 Å². The number of aromatic nitrogens is 1. The molecule has 4 nitrogen and oxygen atoms in total. The van der Waals surface area contributed by atoms with Gasteiger partial charge in [0.1, 0.15) is 0 Å². The van der Waals surface area contributed by atoms with Gasteiger partial charge in [-0.2, -0.15) is 0 Å². The van der Waals surface area contributed by atoms with Crippen molar-refractivity contribution in [3.63, 3.8) is 0 Å². The van der Waals surface area contributed by atoms with Gasteiger partial charge in [-0.1, -0.05) is 25.4 Å². The van der Waals surface area contributed by atoms with Crippen LogP contribution >= 0.6 is 11.6 Å². The van der Waals surface area contributed by atoms with Crippen molar-refractivity contribution in [2.45, 2.75) is 26.7 Å². The summed E-state index contributed by atoms with van der Waals surface area (Å²) in [4.78, 5) is 10.1. The highest BCUT2D eigenvalue weighted by atomic mass is 35.5. The van der Waals surface area contributed by atoms with Gasteiger partial charge in [-0.25, -0.2) is 0 Å². The molecule has 1 saturated heterocycles. The minimum Gasteiger partial charge on any atom is -0.361 e. The van der Waals surface area contributed by atoms with E-state index in [9.17, 15) is 0 Å². The Bertz CT molecular complexity index is 717. The minimum atomic E-state index is 0.380. The maximum Gasteiger partial charge on any atom is 0.193 e. The molecule has 1 aliphatic rings. The quantitative estimate of drug-likeness (QED) is 0.665. The van der Waals surface area contributed by atoms with Crippen LogP contribution in [0.25, 0.3) is 10.9 Å². The number of guanidine groups is 1. The van der Waals surface area contributed by atoms with Gasteiger partial charge >= 0.3 is 0 Å². The summed E-state index contributed by atoms with van der Waals surface area (Å²) in [7, 11) is 1.86. The molecular formula is C18H25ClN4. The van der Waals surface area contributed by atoms with Crippen LogP contribution in [0.4, 0.5) is 0 Å². The van der Waals surface area contributed by atoms with Crippen LogP contribution in [0.3, 0.4) is 0 Å². The summed E-state index contributed by atoms with van der Waals surface area (Å²) in [6.45, 7) is 7.64. The fourth-order valence-corrected chi connectivity index (χ4v) is 3.46. The Labute approximate surface area is 142 Å². The first-order chi connectivity index (χ1) is 11.0. The largest absolute Gasteiger partial charge is 0.361 e. The Morgan fingerprint density at radius 1 is 1.43 bits per heavy atom. The monoisotopic (exact) mass is 332 g/mol. The molecule has 2 aromatic rings. The predicted octanol–water partition coefficient (Wildman–Crippen LogP) is 3.67. The molecule has 0 unspecified atom stereocenters. The van der Waals surface area contributed by atoms with E-state index >= 15 is 0 Å². The van der Waals surface area contributed by atoms with E-state index in [0.29, 0.717) is 5.41 Å². The molecule has 1 fully saturated rings. The standard InChI is InChI=1S/C18H25ClN4/c1-18(2)7-9-23(12-18)17(20-3)21-8-6-13-11-22-16-5-4-14(19)10-15(13)16/h4-5,10-11,22H,6-9,12H2,1-3H3,(H,20,21). The normalized spacial score (nSPS) is 17.9. The SMILES string of the molecule is CN=C(NCCc1c[nH]c2ccc(Cl)cc12)N1CCC(C)(C)C1. The zero-order valence-corrected chi connectivity index (χ0v) is 14.9. The zero-order chi connectivity index (χ0) is 16.4. The van der Waals surface area contributed by atoms with Crippen molar-refractivity contribution >= 4 is 28.5 Å². The Balaban J connectivity index is 1.61. The van der Waals surface area contributed by atoms with Crippen LogP contribution in [0.15, 0.2) is 29.4 Å². The van der Waals surface area contributed by atoms with E-state index in [0.717, 1.165) is 42.6 Å². The number of nitrogens with one attached hydrogen (secondary N) is 2. The topological polar surface area (TPSA) is 43.4 Å². The van der Waals surface area contributed by atoms with E-state index < -0.39 is 0 Å². The average molecular weight is 333 g/mol. The lowest BCUT2D eigenvalue weighted by atomic mass is 9.93. The number of benzene rings is 1. The van der Waals surface area contributed by atoms with E-state index in [1.54, 1.807) is 0 Å². The number of hydrogen-bond donors (Lipinski definition) is 2. The third kappa shape index (κ3) is 3.63. The van der Waals surface area contributed by atoms with Gasteiger partial charge in [-0.05, 0) is 42.0 Å². The number of H-pyrrole nitrogens is 1. The van der Waals surface area contributed by atoms with E-state index in [4.69, 9.17) is 11.6 Å². The fraction of sp³-hybridized carbons (Fsp3) is 0.500. The molecule has 0 bridgehead atoms. The molecule has 124 valence electrons. The predicted molar refractivity (Wildman–Crippen MR) is 98.3 cm³/mol. The van der Waals surface area contributed by atoms with Gasteiger partial charge in [0.25, 0.3) is 0 Å². The number of aromatic amines is 1. The first kappa shape index (κ1) is 16.2. The van der Waals surface area contributed by atoms with Gasteiger partial charge in [-0.3, -0.25) is 4.99 Å². The molecule has 0 spiro atoms. The second-order valence-corrected chi connectivity index (χ2v) is 7.50. The Morgan fingerprint density at radius 2 is 2.26 bits per heavy atom. The fourth-order valence-electron chi connectivity index (χ4n) is 3.29. The van der Waals surface area contributed by atoms with Crippen molar-refractivity contribution in [1.82, 2.24) is 15.2 Å². The molecule has 0 radical (unpaired) electrons. The highest BCUT2D eigenvalue weighted by molar-refractivity contribution is 6.31. The lowest BCUT2D eigenvalue weighted by Crippen LogP contribution is -2.41. The molecular weight excluding hydrogens is 308 g/mol. The van der Waals surface area contributed by atoms with Gasteiger partial charge < -0.3 is 15.2 Å². The summed E-state index contributed by atoms with van der Waals surface area (Å²) in [6, 6.07) is 5.97. The van der Waals surface area contributed by atoms with Gasteiger partial charge in [0, 0.05) is 48.8 Å². The molecule has 0 amide bonds. The van der Waals surface area contributed by atoms with Crippen LogP contribution in [0.2, 0.25) is 5.02 Å². The van der Waals surface area contributed by atoms with Gasteiger partial charge in [0.15, 0.2) is 5.96 Å². The molecule has 2 heterocycles. The molecule has 2 N–H and O–H groups in total. The van der Waals surface area contributed by atoms with E-state index in [1.165, 1.54) is 17.4 Å². The van der Waals surface area contributed by atoms with Crippen LogP contribution in [-0.4, -0.2) is 42.5 Å². The highest BCUT2D eigenvalue weighted by Gasteiger charge is 2.30. The molecule has 1 aromatic carbocycles. The molecule has 3 rings (SSSR count). The van der Waals surface area contributed by atoms with Crippen LogP contribution < -0.4 is 5.32 Å². The first-order valence-electron chi connectivity index (χ1n) is 8.20. The van der Waals surface area contributed by atoms with Crippen molar-refractivity contribution in [3.05, 3.63) is 35.0 Å².